The highest BCUT2D eigenvalue weighted by Gasteiger charge is 2.27. The number of hydrogen-bond acceptors (Lipinski definition) is 5. The minimum Gasteiger partial charge on any atom is -0.493 e. The van der Waals surface area contributed by atoms with Gasteiger partial charge in [0.05, 0.1) is 21.3 Å². The molecule has 2 aromatic carbocycles. The van der Waals surface area contributed by atoms with E-state index in [-0.39, 0.29) is 27.7 Å². The van der Waals surface area contributed by atoms with E-state index >= 15 is 0 Å². The average molecular weight is 338 g/mol. The van der Waals surface area contributed by atoms with Crippen molar-refractivity contribution in [1.82, 2.24) is 0 Å². The summed E-state index contributed by atoms with van der Waals surface area (Å²) in [6.07, 6.45) is 0. The highest BCUT2D eigenvalue weighted by molar-refractivity contribution is 7.86. The van der Waals surface area contributed by atoms with Gasteiger partial charge in [0.2, 0.25) is 5.75 Å². The van der Waals surface area contributed by atoms with Crippen molar-refractivity contribution < 1.29 is 27.2 Å². The molecule has 0 heterocycles. The Balaban J connectivity index is 2.93. The van der Waals surface area contributed by atoms with Crippen LogP contribution in [0.25, 0.3) is 11.1 Å². The molecule has 0 aliphatic carbocycles. The van der Waals surface area contributed by atoms with Gasteiger partial charge in [0.25, 0.3) is 10.1 Å². The molecule has 1 N–H and O–H groups in total. The number of hydrogen-bond donors (Lipinski definition) is 1. The average Bonchev–Trinajstić information content (AvgIpc) is 2.52. The molecule has 0 bridgehead atoms. The summed E-state index contributed by atoms with van der Waals surface area (Å²) in [4.78, 5) is -0.309. The zero-order valence-electron chi connectivity index (χ0n) is 13.3. The Morgan fingerprint density at radius 1 is 0.913 bits per heavy atom. The van der Waals surface area contributed by atoms with Crippen molar-refractivity contribution in [3.05, 3.63) is 35.9 Å². The number of benzene rings is 2. The maximum Gasteiger partial charge on any atom is 0.295 e. The number of aryl methyl sites for hydroxylation is 1. The molecule has 0 atom stereocenters. The molecular weight excluding hydrogens is 320 g/mol. The SMILES string of the molecule is COc1cc(S(=O)(=O)O)c(-c2ccc(C)cc2)c(OC)c1OC. The molecule has 0 saturated carbocycles. The predicted molar refractivity (Wildman–Crippen MR) is 86.1 cm³/mol. The molecule has 23 heavy (non-hydrogen) atoms. The van der Waals surface area contributed by atoms with Gasteiger partial charge >= 0.3 is 0 Å². The van der Waals surface area contributed by atoms with Crippen LogP contribution in [0.3, 0.4) is 0 Å². The molecule has 0 aromatic heterocycles. The van der Waals surface area contributed by atoms with Gasteiger partial charge in [-0.3, -0.25) is 4.55 Å². The summed E-state index contributed by atoms with van der Waals surface area (Å²) in [5.41, 5.74) is 1.80. The van der Waals surface area contributed by atoms with Crippen LogP contribution >= 0.6 is 0 Å². The molecule has 6 nitrogen and oxygen atoms in total. The van der Waals surface area contributed by atoms with E-state index in [0.717, 1.165) is 5.56 Å². The van der Waals surface area contributed by atoms with Crippen molar-refractivity contribution in [3.8, 4) is 28.4 Å². The molecule has 2 rings (SSSR count). The summed E-state index contributed by atoms with van der Waals surface area (Å²) >= 11 is 0. The maximum atomic E-state index is 11.8. The second-order valence-electron chi connectivity index (χ2n) is 4.86. The first-order valence-electron chi connectivity index (χ1n) is 6.71. The van der Waals surface area contributed by atoms with Crippen LogP contribution in [0.4, 0.5) is 0 Å². The molecule has 0 aliphatic heterocycles. The van der Waals surface area contributed by atoms with Gasteiger partial charge in [-0.2, -0.15) is 8.42 Å². The van der Waals surface area contributed by atoms with Gasteiger partial charge in [-0.1, -0.05) is 29.8 Å². The molecule has 124 valence electrons. The van der Waals surface area contributed by atoms with E-state index in [4.69, 9.17) is 14.2 Å². The fourth-order valence-electron chi connectivity index (χ4n) is 2.33. The van der Waals surface area contributed by atoms with Crippen LogP contribution in [0.5, 0.6) is 17.2 Å². The van der Waals surface area contributed by atoms with Gasteiger partial charge in [0.15, 0.2) is 11.5 Å². The lowest BCUT2D eigenvalue weighted by atomic mass is 10.0. The summed E-state index contributed by atoms with van der Waals surface area (Å²) in [6, 6.07) is 8.37. The maximum absolute atomic E-state index is 11.8. The number of methoxy groups -OCH3 is 3. The summed E-state index contributed by atoms with van der Waals surface area (Å²) in [5, 5.41) is 0. The van der Waals surface area contributed by atoms with Crippen molar-refractivity contribution in [2.24, 2.45) is 0 Å². The molecule has 0 spiro atoms. The third-order valence-electron chi connectivity index (χ3n) is 3.41. The Morgan fingerprint density at radius 3 is 1.91 bits per heavy atom. The minimum absolute atomic E-state index is 0.146. The van der Waals surface area contributed by atoms with Crippen LogP contribution in [0, 0.1) is 6.92 Å². The lowest BCUT2D eigenvalue weighted by molar-refractivity contribution is 0.323. The Morgan fingerprint density at radius 2 is 1.48 bits per heavy atom. The molecule has 0 unspecified atom stereocenters. The van der Waals surface area contributed by atoms with Crippen LogP contribution in [0.1, 0.15) is 5.56 Å². The van der Waals surface area contributed by atoms with Gasteiger partial charge in [0, 0.05) is 11.6 Å². The van der Waals surface area contributed by atoms with E-state index in [1.807, 2.05) is 19.1 Å². The van der Waals surface area contributed by atoms with E-state index in [1.54, 1.807) is 12.1 Å². The van der Waals surface area contributed by atoms with E-state index < -0.39 is 10.1 Å². The summed E-state index contributed by atoms with van der Waals surface area (Å²) < 4.78 is 49.1. The second kappa shape index (κ2) is 6.47. The van der Waals surface area contributed by atoms with Crippen LogP contribution < -0.4 is 14.2 Å². The topological polar surface area (TPSA) is 82.1 Å². The third kappa shape index (κ3) is 3.25. The van der Waals surface area contributed by atoms with Crippen molar-refractivity contribution in [1.29, 1.82) is 0 Å². The first kappa shape index (κ1) is 17.1. The lowest BCUT2D eigenvalue weighted by Crippen LogP contribution is -2.05. The Labute approximate surface area is 135 Å². The van der Waals surface area contributed by atoms with E-state index in [1.165, 1.54) is 27.4 Å². The standard InChI is InChI=1S/C16H18O6S/c1-10-5-7-11(8-6-10)14-13(23(17,18)19)9-12(20-2)15(21-3)16(14)22-4/h5-9H,1-4H3,(H,17,18,19). The summed E-state index contributed by atoms with van der Waals surface area (Å²) in [5.74, 6) is 0.564. The highest BCUT2D eigenvalue weighted by Crippen LogP contribution is 2.48. The number of ether oxygens (including phenoxy) is 3. The number of rotatable bonds is 5. The van der Waals surface area contributed by atoms with Gasteiger partial charge < -0.3 is 14.2 Å². The monoisotopic (exact) mass is 338 g/mol. The van der Waals surface area contributed by atoms with Crippen molar-refractivity contribution in [2.75, 3.05) is 21.3 Å². The Kier molecular flexibility index (Phi) is 4.82. The molecule has 2 aromatic rings. The quantitative estimate of drug-likeness (QED) is 0.844. The third-order valence-corrected chi connectivity index (χ3v) is 4.29. The van der Waals surface area contributed by atoms with Gasteiger partial charge in [-0.15, -0.1) is 0 Å². The fourth-order valence-corrected chi connectivity index (χ4v) is 3.06. The summed E-state index contributed by atoms with van der Waals surface area (Å²) in [6.45, 7) is 1.92. The molecular formula is C16H18O6S. The van der Waals surface area contributed by atoms with Crippen LogP contribution in [-0.4, -0.2) is 34.3 Å². The van der Waals surface area contributed by atoms with Crippen LogP contribution in [0.2, 0.25) is 0 Å². The first-order chi connectivity index (χ1) is 10.8. The normalized spacial score (nSPS) is 11.2. The lowest BCUT2D eigenvalue weighted by Gasteiger charge is -2.18. The zero-order chi connectivity index (χ0) is 17.2. The second-order valence-corrected chi connectivity index (χ2v) is 6.25. The highest BCUT2D eigenvalue weighted by atomic mass is 32.2. The predicted octanol–water partition coefficient (Wildman–Crippen LogP) is 2.93. The molecule has 0 saturated heterocycles. The Bertz CT molecular complexity index is 809. The van der Waals surface area contributed by atoms with E-state index in [9.17, 15) is 13.0 Å². The molecule has 7 heteroatoms. The largest absolute Gasteiger partial charge is 0.493 e. The zero-order valence-corrected chi connectivity index (χ0v) is 14.1. The molecule has 0 amide bonds. The summed E-state index contributed by atoms with van der Waals surface area (Å²) in [7, 11) is -0.311. The smallest absolute Gasteiger partial charge is 0.295 e. The minimum atomic E-state index is -4.50. The first-order valence-corrected chi connectivity index (χ1v) is 8.15. The van der Waals surface area contributed by atoms with Crippen molar-refractivity contribution in [3.63, 3.8) is 0 Å². The van der Waals surface area contributed by atoms with Crippen molar-refractivity contribution >= 4 is 10.1 Å². The van der Waals surface area contributed by atoms with Gasteiger partial charge in [-0.05, 0) is 12.5 Å². The van der Waals surface area contributed by atoms with Crippen molar-refractivity contribution in [2.45, 2.75) is 11.8 Å². The molecule has 0 fully saturated rings. The van der Waals surface area contributed by atoms with E-state index in [0.29, 0.717) is 5.56 Å². The molecule has 0 aliphatic rings. The molecule has 0 radical (unpaired) electrons. The van der Waals surface area contributed by atoms with Crippen LogP contribution in [0.15, 0.2) is 35.2 Å². The van der Waals surface area contributed by atoms with E-state index in [2.05, 4.69) is 0 Å². The van der Waals surface area contributed by atoms with Crippen LogP contribution in [-0.2, 0) is 10.1 Å². The van der Waals surface area contributed by atoms with Gasteiger partial charge in [0.1, 0.15) is 4.90 Å². The Hall–Kier alpha value is -2.25. The fraction of sp³-hybridized carbons (Fsp3) is 0.250. The van der Waals surface area contributed by atoms with Gasteiger partial charge in [-0.25, -0.2) is 0 Å².